The Balaban J connectivity index is 1.91. The third-order valence-corrected chi connectivity index (χ3v) is 3.34. The zero-order valence-corrected chi connectivity index (χ0v) is 12.8. The van der Waals surface area contributed by atoms with E-state index in [2.05, 4.69) is 5.32 Å². The molecule has 0 saturated heterocycles. The SMILES string of the molecule is CC[C@H](Oc1ccc(C)cc1)C(=O)NCc1ccc(F)cc1. The van der Waals surface area contributed by atoms with Gasteiger partial charge in [0.2, 0.25) is 0 Å². The number of amides is 1. The molecule has 4 heteroatoms. The number of halogens is 1. The largest absolute Gasteiger partial charge is 0.481 e. The number of nitrogens with one attached hydrogen (secondary N) is 1. The van der Waals surface area contributed by atoms with Crippen molar-refractivity contribution in [1.29, 1.82) is 0 Å². The van der Waals surface area contributed by atoms with E-state index in [1.54, 1.807) is 12.1 Å². The number of aryl methyl sites for hydroxylation is 1. The predicted octanol–water partition coefficient (Wildman–Crippen LogP) is 3.61. The van der Waals surface area contributed by atoms with Crippen LogP contribution in [-0.4, -0.2) is 12.0 Å². The normalized spacial score (nSPS) is 11.8. The maximum Gasteiger partial charge on any atom is 0.261 e. The van der Waals surface area contributed by atoms with Crippen LogP contribution in [0.25, 0.3) is 0 Å². The van der Waals surface area contributed by atoms with Crippen LogP contribution < -0.4 is 10.1 Å². The van der Waals surface area contributed by atoms with E-state index in [-0.39, 0.29) is 11.7 Å². The average Bonchev–Trinajstić information content (AvgIpc) is 2.53. The van der Waals surface area contributed by atoms with Crippen molar-refractivity contribution in [3.05, 3.63) is 65.5 Å². The van der Waals surface area contributed by atoms with Crippen LogP contribution in [0.15, 0.2) is 48.5 Å². The summed E-state index contributed by atoms with van der Waals surface area (Å²) in [5.41, 5.74) is 1.99. The highest BCUT2D eigenvalue weighted by Gasteiger charge is 2.17. The zero-order valence-electron chi connectivity index (χ0n) is 12.8. The van der Waals surface area contributed by atoms with Gasteiger partial charge in [-0.1, -0.05) is 36.8 Å². The van der Waals surface area contributed by atoms with Gasteiger partial charge < -0.3 is 10.1 Å². The Bertz CT molecular complexity index is 608. The van der Waals surface area contributed by atoms with E-state index in [0.29, 0.717) is 18.7 Å². The molecule has 2 aromatic carbocycles. The van der Waals surface area contributed by atoms with Crippen LogP contribution in [0, 0.1) is 12.7 Å². The molecule has 3 nitrogen and oxygen atoms in total. The molecule has 0 heterocycles. The molecule has 116 valence electrons. The van der Waals surface area contributed by atoms with E-state index in [4.69, 9.17) is 4.74 Å². The summed E-state index contributed by atoms with van der Waals surface area (Å²) < 4.78 is 18.5. The third kappa shape index (κ3) is 4.58. The summed E-state index contributed by atoms with van der Waals surface area (Å²) in [6.07, 6.45) is 0.0338. The van der Waals surface area contributed by atoms with E-state index < -0.39 is 6.10 Å². The summed E-state index contributed by atoms with van der Waals surface area (Å²) in [4.78, 5) is 12.2. The number of carbonyl (C=O) groups excluding carboxylic acids is 1. The molecule has 2 aromatic rings. The van der Waals surface area contributed by atoms with Crippen molar-refractivity contribution in [2.75, 3.05) is 0 Å². The zero-order chi connectivity index (χ0) is 15.9. The lowest BCUT2D eigenvalue weighted by atomic mass is 10.2. The average molecular weight is 301 g/mol. The second-order valence-electron chi connectivity index (χ2n) is 5.17. The predicted molar refractivity (Wildman–Crippen MR) is 84.1 cm³/mol. The van der Waals surface area contributed by atoms with Gasteiger partial charge in [0.15, 0.2) is 6.10 Å². The third-order valence-electron chi connectivity index (χ3n) is 3.34. The molecule has 0 unspecified atom stereocenters. The maximum atomic E-state index is 12.8. The van der Waals surface area contributed by atoms with Gasteiger partial charge in [0.25, 0.3) is 5.91 Å². The minimum absolute atomic E-state index is 0.174. The highest BCUT2D eigenvalue weighted by Crippen LogP contribution is 2.14. The van der Waals surface area contributed by atoms with Crippen LogP contribution in [0.4, 0.5) is 4.39 Å². The second-order valence-corrected chi connectivity index (χ2v) is 5.17. The van der Waals surface area contributed by atoms with Crippen LogP contribution in [0.5, 0.6) is 5.75 Å². The van der Waals surface area contributed by atoms with Crippen LogP contribution in [0.2, 0.25) is 0 Å². The summed E-state index contributed by atoms with van der Waals surface area (Å²) in [5, 5.41) is 2.81. The van der Waals surface area contributed by atoms with E-state index in [1.807, 2.05) is 38.1 Å². The summed E-state index contributed by atoms with van der Waals surface area (Å²) >= 11 is 0. The van der Waals surface area contributed by atoms with Crippen molar-refractivity contribution >= 4 is 5.91 Å². The molecule has 0 aromatic heterocycles. The first-order valence-corrected chi connectivity index (χ1v) is 7.34. The first-order valence-electron chi connectivity index (χ1n) is 7.34. The lowest BCUT2D eigenvalue weighted by Gasteiger charge is -2.17. The molecule has 1 N–H and O–H groups in total. The first-order chi connectivity index (χ1) is 10.6. The molecule has 0 spiro atoms. The van der Waals surface area contributed by atoms with Crippen LogP contribution in [-0.2, 0) is 11.3 Å². The summed E-state index contributed by atoms with van der Waals surface area (Å²) in [7, 11) is 0. The van der Waals surface area contributed by atoms with Crippen molar-refractivity contribution in [2.45, 2.75) is 32.9 Å². The van der Waals surface area contributed by atoms with E-state index in [1.165, 1.54) is 12.1 Å². The smallest absolute Gasteiger partial charge is 0.261 e. The van der Waals surface area contributed by atoms with Gasteiger partial charge in [-0.3, -0.25) is 4.79 Å². The van der Waals surface area contributed by atoms with Gasteiger partial charge in [-0.25, -0.2) is 4.39 Å². The highest BCUT2D eigenvalue weighted by atomic mass is 19.1. The van der Waals surface area contributed by atoms with Crippen molar-refractivity contribution in [1.82, 2.24) is 5.32 Å². The summed E-state index contributed by atoms with van der Waals surface area (Å²) in [6, 6.07) is 13.6. The molecule has 0 bridgehead atoms. The topological polar surface area (TPSA) is 38.3 Å². The van der Waals surface area contributed by atoms with E-state index >= 15 is 0 Å². The van der Waals surface area contributed by atoms with Gasteiger partial charge in [0.1, 0.15) is 11.6 Å². The van der Waals surface area contributed by atoms with Gasteiger partial charge in [0, 0.05) is 6.54 Å². The molecule has 0 aliphatic rings. The molecule has 22 heavy (non-hydrogen) atoms. The van der Waals surface area contributed by atoms with Gasteiger partial charge >= 0.3 is 0 Å². The van der Waals surface area contributed by atoms with Crippen LogP contribution in [0.1, 0.15) is 24.5 Å². The minimum atomic E-state index is -0.539. The lowest BCUT2D eigenvalue weighted by Crippen LogP contribution is -2.37. The number of benzene rings is 2. The fourth-order valence-corrected chi connectivity index (χ4v) is 2.01. The van der Waals surface area contributed by atoms with Crippen molar-refractivity contribution in [2.24, 2.45) is 0 Å². The van der Waals surface area contributed by atoms with Crippen molar-refractivity contribution in [3.63, 3.8) is 0 Å². The first kappa shape index (κ1) is 16.0. The van der Waals surface area contributed by atoms with Crippen LogP contribution >= 0.6 is 0 Å². The number of rotatable bonds is 6. The molecule has 0 aliphatic heterocycles. The molecular formula is C18H20FNO2. The molecule has 0 saturated carbocycles. The van der Waals surface area contributed by atoms with Gasteiger partial charge in [-0.05, 0) is 43.2 Å². The molecular weight excluding hydrogens is 281 g/mol. The Labute approximate surface area is 130 Å². The fourth-order valence-electron chi connectivity index (χ4n) is 2.01. The number of ether oxygens (including phenoxy) is 1. The summed E-state index contributed by atoms with van der Waals surface area (Å²) in [5.74, 6) is 0.214. The lowest BCUT2D eigenvalue weighted by molar-refractivity contribution is -0.128. The fraction of sp³-hybridized carbons (Fsp3) is 0.278. The Morgan fingerprint density at radius 1 is 1.14 bits per heavy atom. The standard InChI is InChI=1S/C18H20FNO2/c1-3-17(22-16-10-4-13(2)5-11-16)18(21)20-12-14-6-8-15(19)9-7-14/h4-11,17H,3,12H2,1-2H3,(H,20,21)/t17-/m0/s1. The Morgan fingerprint density at radius 2 is 1.77 bits per heavy atom. The Kier molecular flexibility index (Phi) is 5.53. The monoisotopic (exact) mass is 301 g/mol. The van der Waals surface area contributed by atoms with Gasteiger partial charge in [-0.2, -0.15) is 0 Å². The molecule has 1 atom stereocenters. The second kappa shape index (κ2) is 7.59. The number of hydrogen-bond acceptors (Lipinski definition) is 2. The molecule has 0 radical (unpaired) electrons. The molecule has 1 amide bonds. The Hall–Kier alpha value is -2.36. The quantitative estimate of drug-likeness (QED) is 0.885. The number of carbonyl (C=O) groups is 1. The molecule has 2 rings (SSSR count). The van der Waals surface area contributed by atoms with Gasteiger partial charge in [0.05, 0.1) is 0 Å². The van der Waals surface area contributed by atoms with Crippen molar-refractivity contribution in [3.8, 4) is 5.75 Å². The minimum Gasteiger partial charge on any atom is -0.481 e. The van der Waals surface area contributed by atoms with Gasteiger partial charge in [-0.15, -0.1) is 0 Å². The summed E-state index contributed by atoms with van der Waals surface area (Å²) in [6.45, 7) is 4.25. The number of hydrogen-bond donors (Lipinski definition) is 1. The Morgan fingerprint density at radius 3 is 2.36 bits per heavy atom. The highest BCUT2D eigenvalue weighted by molar-refractivity contribution is 5.81. The molecule has 0 fully saturated rings. The maximum absolute atomic E-state index is 12.8. The van der Waals surface area contributed by atoms with Crippen molar-refractivity contribution < 1.29 is 13.9 Å². The van der Waals surface area contributed by atoms with E-state index in [9.17, 15) is 9.18 Å². The van der Waals surface area contributed by atoms with Crippen LogP contribution in [0.3, 0.4) is 0 Å². The van der Waals surface area contributed by atoms with E-state index in [0.717, 1.165) is 11.1 Å². The molecule has 0 aliphatic carbocycles.